The van der Waals surface area contributed by atoms with Gasteiger partial charge in [-0.1, -0.05) is 28.1 Å². The molecule has 0 saturated heterocycles. The Balaban J connectivity index is 2.72. The molecule has 18 heavy (non-hydrogen) atoms. The van der Waals surface area contributed by atoms with Gasteiger partial charge in [-0.25, -0.2) is 0 Å². The van der Waals surface area contributed by atoms with E-state index in [1.165, 1.54) is 0 Å². The minimum atomic E-state index is -0.980. The summed E-state index contributed by atoms with van der Waals surface area (Å²) in [6, 6.07) is 7.66. The van der Waals surface area contributed by atoms with Crippen molar-refractivity contribution in [1.82, 2.24) is 5.32 Å². The van der Waals surface area contributed by atoms with Gasteiger partial charge >= 0.3 is 5.97 Å². The van der Waals surface area contributed by atoms with Crippen molar-refractivity contribution in [2.24, 2.45) is 0 Å². The van der Waals surface area contributed by atoms with E-state index in [4.69, 9.17) is 4.74 Å². The van der Waals surface area contributed by atoms with Crippen molar-refractivity contribution in [3.05, 3.63) is 34.3 Å². The van der Waals surface area contributed by atoms with Crippen molar-refractivity contribution < 1.29 is 14.6 Å². The summed E-state index contributed by atoms with van der Waals surface area (Å²) in [5.74, 6) is -0.860. The van der Waals surface area contributed by atoms with Crippen LogP contribution in [0.2, 0.25) is 0 Å². The van der Waals surface area contributed by atoms with E-state index in [1.54, 1.807) is 14.0 Å². The highest BCUT2D eigenvalue weighted by Crippen LogP contribution is 2.16. The quantitative estimate of drug-likeness (QED) is 0.756. The van der Waals surface area contributed by atoms with Gasteiger partial charge in [-0.15, -0.1) is 0 Å². The maximum atomic E-state index is 11.4. The number of nitrogens with one attached hydrogen (secondary N) is 1. The lowest BCUT2D eigenvalue weighted by Crippen LogP contribution is -2.52. The lowest BCUT2D eigenvalue weighted by molar-refractivity contribution is -0.144. The second kappa shape index (κ2) is 6.87. The molecular formula is C13H18BrNO3. The molecular weight excluding hydrogens is 298 g/mol. The first-order chi connectivity index (χ1) is 8.48. The van der Waals surface area contributed by atoms with E-state index >= 15 is 0 Å². The van der Waals surface area contributed by atoms with Crippen molar-refractivity contribution in [3.8, 4) is 0 Å². The molecule has 0 radical (unpaired) electrons. The molecule has 0 aliphatic heterocycles. The van der Waals surface area contributed by atoms with E-state index in [0.717, 1.165) is 10.0 Å². The molecule has 1 aromatic rings. The van der Waals surface area contributed by atoms with Gasteiger partial charge in [0, 0.05) is 24.5 Å². The highest BCUT2D eigenvalue weighted by atomic mass is 79.9. The van der Waals surface area contributed by atoms with Crippen LogP contribution in [0.5, 0.6) is 0 Å². The average molecular weight is 316 g/mol. The van der Waals surface area contributed by atoms with Gasteiger partial charge in [-0.2, -0.15) is 0 Å². The van der Waals surface area contributed by atoms with Gasteiger partial charge in [0.05, 0.1) is 6.61 Å². The third-order valence-electron chi connectivity index (χ3n) is 2.76. The van der Waals surface area contributed by atoms with Crippen molar-refractivity contribution in [1.29, 1.82) is 0 Å². The molecule has 1 unspecified atom stereocenters. The molecule has 1 rings (SSSR count). The van der Waals surface area contributed by atoms with E-state index in [-0.39, 0.29) is 0 Å². The first-order valence-electron chi connectivity index (χ1n) is 5.70. The number of hydrogen-bond acceptors (Lipinski definition) is 3. The maximum Gasteiger partial charge on any atom is 0.323 e. The number of rotatable bonds is 7. The molecule has 5 heteroatoms. The zero-order valence-electron chi connectivity index (χ0n) is 10.6. The zero-order chi connectivity index (χ0) is 13.6. The number of benzene rings is 1. The van der Waals surface area contributed by atoms with Crippen LogP contribution in [-0.2, 0) is 16.0 Å². The van der Waals surface area contributed by atoms with Crippen LogP contribution in [0, 0.1) is 0 Å². The molecule has 0 saturated carbocycles. The topological polar surface area (TPSA) is 58.6 Å². The third-order valence-corrected chi connectivity index (χ3v) is 3.29. The number of carboxylic acids is 1. The van der Waals surface area contributed by atoms with Crippen molar-refractivity contribution in [2.45, 2.75) is 18.9 Å². The van der Waals surface area contributed by atoms with Crippen molar-refractivity contribution >= 4 is 21.9 Å². The smallest absolute Gasteiger partial charge is 0.323 e. The fourth-order valence-corrected chi connectivity index (χ4v) is 1.92. The SMILES string of the molecule is COCCNC(C)(Cc1ccc(Br)cc1)C(=O)O. The number of aliphatic carboxylic acids is 1. The summed E-state index contributed by atoms with van der Waals surface area (Å²) in [5, 5.41) is 12.4. The standard InChI is InChI=1S/C13H18BrNO3/c1-13(12(16)17,15-7-8-18-2)9-10-3-5-11(14)6-4-10/h3-6,15H,7-9H2,1-2H3,(H,16,17). The second-order valence-corrected chi connectivity index (χ2v) is 5.28. The van der Waals surface area contributed by atoms with Gasteiger partial charge in [0.15, 0.2) is 0 Å². The van der Waals surface area contributed by atoms with E-state index in [1.807, 2.05) is 24.3 Å². The van der Waals surface area contributed by atoms with Gasteiger partial charge in [-0.3, -0.25) is 10.1 Å². The first-order valence-corrected chi connectivity index (χ1v) is 6.49. The third kappa shape index (κ3) is 4.40. The molecule has 0 fully saturated rings. The molecule has 0 bridgehead atoms. The molecule has 0 heterocycles. The predicted octanol–water partition coefficient (Wildman–Crippen LogP) is 2.07. The lowest BCUT2D eigenvalue weighted by atomic mass is 9.93. The van der Waals surface area contributed by atoms with E-state index in [2.05, 4.69) is 21.2 Å². The van der Waals surface area contributed by atoms with Gasteiger partial charge in [0.1, 0.15) is 5.54 Å². The van der Waals surface area contributed by atoms with E-state index in [0.29, 0.717) is 19.6 Å². The molecule has 0 spiro atoms. The predicted molar refractivity (Wildman–Crippen MR) is 73.8 cm³/mol. The van der Waals surface area contributed by atoms with Crippen LogP contribution in [0.1, 0.15) is 12.5 Å². The van der Waals surface area contributed by atoms with E-state index < -0.39 is 11.5 Å². The van der Waals surface area contributed by atoms with Crippen LogP contribution in [0.4, 0.5) is 0 Å². The fourth-order valence-electron chi connectivity index (χ4n) is 1.65. The van der Waals surface area contributed by atoms with Crippen molar-refractivity contribution in [3.63, 3.8) is 0 Å². The molecule has 1 aromatic carbocycles. The van der Waals surface area contributed by atoms with Crippen LogP contribution < -0.4 is 5.32 Å². The number of methoxy groups -OCH3 is 1. The molecule has 0 amide bonds. The lowest BCUT2D eigenvalue weighted by Gasteiger charge is -2.26. The fraction of sp³-hybridized carbons (Fsp3) is 0.462. The molecule has 100 valence electrons. The Morgan fingerprint density at radius 2 is 2.06 bits per heavy atom. The van der Waals surface area contributed by atoms with E-state index in [9.17, 15) is 9.90 Å². The molecule has 4 nitrogen and oxygen atoms in total. The Morgan fingerprint density at radius 1 is 1.44 bits per heavy atom. The number of hydrogen-bond donors (Lipinski definition) is 2. The summed E-state index contributed by atoms with van der Waals surface area (Å²) in [7, 11) is 1.59. The van der Waals surface area contributed by atoms with Gasteiger partial charge in [0.2, 0.25) is 0 Å². The Morgan fingerprint density at radius 3 is 2.56 bits per heavy atom. The van der Waals surface area contributed by atoms with Crippen LogP contribution in [0.3, 0.4) is 0 Å². The normalized spacial score (nSPS) is 14.2. The van der Waals surface area contributed by atoms with Crippen LogP contribution in [0.25, 0.3) is 0 Å². The Hall–Kier alpha value is -0.910. The molecule has 2 N–H and O–H groups in total. The van der Waals surface area contributed by atoms with Crippen LogP contribution >= 0.6 is 15.9 Å². The maximum absolute atomic E-state index is 11.4. The highest BCUT2D eigenvalue weighted by Gasteiger charge is 2.32. The number of halogens is 1. The Labute approximate surface area is 115 Å². The van der Waals surface area contributed by atoms with Gasteiger partial charge in [0.25, 0.3) is 0 Å². The summed E-state index contributed by atoms with van der Waals surface area (Å²) in [4.78, 5) is 11.4. The number of carboxylic acid groups (broad SMARTS) is 1. The number of carbonyl (C=O) groups is 1. The van der Waals surface area contributed by atoms with Gasteiger partial charge < -0.3 is 9.84 Å². The minimum absolute atomic E-state index is 0.430. The monoisotopic (exact) mass is 315 g/mol. The average Bonchev–Trinajstić information content (AvgIpc) is 2.32. The van der Waals surface area contributed by atoms with Gasteiger partial charge in [-0.05, 0) is 24.6 Å². The summed E-state index contributed by atoms with van der Waals surface area (Å²) in [6.07, 6.45) is 0.430. The van der Waals surface area contributed by atoms with Crippen LogP contribution in [-0.4, -0.2) is 36.9 Å². The first kappa shape index (κ1) is 15.1. The Bertz CT molecular complexity index is 394. The molecule has 0 aliphatic rings. The minimum Gasteiger partial charge on any atom is -0.480 e. The molecule has 1 atom stereocenters. The largest absolute Gasteiger partial charge is 0.480 e. The molecule has 0 aromatic heterocycles. The zero-order valence-corrected chi connectivity index (χ0v) is 12.2. The van der Waals surface area contributed by atoms with Crippen LogP contribution in [0.15, 0.2) is 28.7 Å². The highest BCUT2D eigenvalue weighted by molar-refractivity contribution is 9.10. The molecule has 0 aliphatic carbocycles. The summed E-state index contributed by atoms with van der Waals surface area (Å²) >= 11 is 3.36. The summed E-state index contributed by atoms with van der Waals surface area (Å²) in [5.41, 5.74) is -0.000157. The van der Waals surface area contributed by atoms with Crippen molar-refractivity contribution in [2.75, 3.05) is 20.3 Å². The Kier molecular flexibility index (Phi) is 5.78. The number of ether oxygens (including phenoxy) is 1. The second-order valence-electron chi connectivity index (χ2n) is 4.36. The summed E-state index contributed by atoms with van der Waals surface area (Å²) in [6.45, 7) is 2.69. The summed E-state index contributed by atoms with van der Waals surface area (Å²) < 4.78 is 5.90.